The van der Waals surface area contributed by atoms with Gasteiger partial charge in [0, 0.05) is 35.3 Å². The molecule has 7 heteroatoms. The lowest BCUT2D eigenvalue weighted by molar-refractivity contribution is -0.114. The molecule has 5 rings (SSSR count). The van der Waals surface area contributed by atoms with E-state index in [2.05, 4.69) is 23.3 Å². The summed E-state index contributed by atoms with van der Waals surface area (Å²) in [6, 6.07) is 16.1. The van der Waals surface area contributed by atoms with Crippen molar-refractivity contribution in [2.24, 2.45) is 0 Å². The third kappa shape index (κ3) is 4.08. The quantitative estimate of drug-likeness (QED) is 0.543. The number of nitriles is 1. The smallest absolute Gasteiger partial charge is 0.251 e. The van der Waals surface area contributed by atoms with E-state index in [0.717, 1.165) is 42.2 Å². The highest BCUT2D eigenvalue weighted by molar-refractivity contribution is 7.09. The number of piperidine rings is 1. The summed E-state index contributed by atoms with van der Waals surface area (Å²) >= 11 is 1.64. The molecule has 166 valence electrons. The highest BCUT2D eigenvalue weighted by Crippen LogP contribution is 2.41. The number of rotatable bonds is 4. The summed E-state index contributed by atoms with van der Waals surface area (Å²) in [5.74, 6) is -0.428. The zero-order valence-electron chi connectivity index (χ0n) is 18.2. The minimum Gasteiger partial charge on any atom is -0.299 e. The van der Waals surface area contributed by atoms with Gasteiger partial charge in [0.2, 0.25) is 0 Å². The van der Waals surface area contributed by atoms with Crippen LogP contribution in [0.25, 0.3) is 11.3 Å². The van der Waals surface area contributed by atoms with E-state index >= 15 is 0 Å². The molecule has 2 aromatic carbocycles. The van der Waals surface area contributed by atoms with Gasteiger partial charge in [0.25, 0.3) is 5.91 Å². The lowest BCUT2D eigenvalue weighted by Gasteiger charge is -2.47. The van der Waals surface area contributed by atoms with Crippen molar-refractivity contribution in [2.45, 2.75) is 37.9 Å². The van der Waals surface area contributed by atoms with Crippen LogP contribution in [-0.2, 0) is 11.3 Å². The van der Waals surface area contributed by atoms with Gasteiger partial charge in [-0.3, -0.25) is 14.6 Å². The number of benzene rings is 2. The van der Waals surface area contributed by atoms with Gasteiger partial charge in [0.1, 0.15) is 10.8 Å². The average Bonchev–Trinajstić information content (AvgIpc) is 3.40. The summed E-state index contributed by atoms with van der Waals surface area (Å²) in [7, 11) is 0. The molecule has 2 aliphatic rings. The van der Waals surface area contributed by atoms with Gasteiger partial charge in [-0.1, -0.05) is 24.3 Å². The van der Waals surface area contributed by atoms with Crippen LogP contribution in [0.3, 0.4) is 0 Å². The third-order valence-corrected chi connectivity index (χ3v) is 7.41. The second kappa shape index (κ2) is 8.54. The van der Waals surface area contributed by atoms with Gasteiger partial charge in [0.05, 0.1) is 29.4 Å². The Morgan fingerprint density at radius 2 is 2.09 bits per heavy atom. The summed E-state index contributed by atoms with van der Waals surface area (Å²) in [6.45, 7) is 3.74. The molecule has 3 heterocycles. The van der Waals surface area contributed by atoms with Crippen molar-refractivity contribution in [1.82, 2.24) is 9.88 Å². The molecule has 0 aliphatic carbocycles. The second-order valence-corrected chi connectivity index (χ2v) is 9.62. The van der Waals surface area contributed by atoms with Crippen LogP contribution in [0.15, 0.2) is 66.1 Å². The third-order valence-electron chi connectivity index (χ3n) is 6.57. The number of carbonyl (C=O) groups excluding carboxylic acids is 1. The topological polar surface area (TPSA) is 60.2 Å². The van der Waals surface area contributed by atoms with Gasteiger partial charge in [-0.2, -0.15) is 5.26 Å². The highest BCUT2D eigenvalue weighted by atomic mass is 32.1. The number of anilines is 1. The fourth-order valence-corrected chi connectivity index (χ4v) is 5.72. The SMILES string of the molecule is C[C@@H]1C[C@]2(C=CC(=O)N2c2cccc(F)c2)CCN1Cc1nc(-c2ccc(C#N)cc2)cs1. The molecule has 1 aromatic heterocycles. The Hall–Kier alpha value is -3.34. The van der Waals surface area contributed by atoms with E-state index in [0.29, 0.717) is 11.3 Å². The zero-order chi connectivity index (χ0) is 23.0. The highest BCUT2D eigenvalue weighted by Gasteiger charge is 2.46. The molecule has 1 amide bonds. The van der Waals surface area contributed by atoms with E-state index < -0.39 is 5.54 Å². The maximum absolute atomic E-state index is 13.9. The van der Waals surface area contributed by atoms with E-state index in [4.69, 9.17) is 10.2 Å². The van der Waals surface area contributed by atoms with Crippen molar-refractivity contribution in [3.8, 4) is 17.3 Å². The predicted octanol–water partition coefficient (Wildman–Crippen LogP) is 5.15. The van der Waals surface area contributed by atoms with Crippen LogP contribution in [0.2, 0.25) is 0 Å². The molecule has 2 aliphatic heterocycles. The average molecular weight is 459 g/mol. The van der Waals surface area contributed by atoms with Crippen LogP contribution >= 0.6 is 11.3 Å². The first-order valence-corrected chi connectivity index (χ1v) is 11.8. The van der Waals surface area contributed by atoms with Crippen molar-refractivity contribution >= 4 is 22.9 Å². The number of thiazole rings is 1. The number of halogens is 1. The Morgan fingerprint density at radius 3 is 2.82 bits per heavy atom. The Labute approximate surface area is 196 Å². The fraction of sp³-hybridized carbons (Fsp3) is 0.269. The molecule has 0 N–H and O–H groups in total. The summed E-state index contributed by atoms with van der Waals surface area (Å²) in [5, 5.41) is 12.1. The predicted molar refractivity (Wildman–Crippen MR) is 127 cm³/mol. The normalized spacial score (nSPS) is 22.8. The first-order valence-electron chi connectivity index (χ1n) is 11.0. The zero-order valence-corrected chi connectivity index (χ0v) is 19.1. The number of nitrogens with zero attached hydrogens (tertiary/aromatic N) is 4. The van der Waals surface area contributed by atoms with Crippen molar-refractivity contribution < 1.29 is 9.18 Å². The molecule has 2 atom stereocenters. The van der Waals surface area contributed by atoms with Crippen LogP contribution in [0.4, 0.5) is 10.1 Å². The van der Waals surface area contributed by atoms with Gasteiger partial charge >= 0.3 is 0 Å². The molecule has 3 aromatic rings. The Morgan fingerprint density at radius 1 is 1.27 bits per heavy atom. The Balaban J connectivity index is 1.30. The molecule has 1 fully saturated rings. The molecule has 0 radical (unpaired) electrons. The Bertz CT molecular complexity index is 1260. The van der Waals surface area contributed by atoms with E-state index in [1.165, 1.54) is 12.1 Å². The molecule has 1 saturated heterocycles. The molecule has 1 spiro atoms. The van der Waals surface area contributed by atoms with Crippen LogP contribution < -0.4 is 4.90 Å². The number of likely N-dealkylation sites (tertiary alicyclic amines) is 1. The molecular weight excluding hydrogens is 435 g/mol. The first kappa shape index (κ1) is 21.5. The molecular formula is C26H23FN4OS. The molecule has 0 unspecified atom stereocenters. The van der Waals surface area contributed by atoms with Crippen molar-refractivity contribution in [3.63, 3.8) is 0 Å². The monoisotopic (exact) mass is 458 g/mol. The molecule has 33 heavy (non-hydrogen) atoms. The van der Waals surface area contributed by atoms with Crippen molar-refractivity contribution in [1.29, 1.82) is 5.26 Å². The standard InChI is InChI=1S/C26H23FN4OS/c1-18-14-26(10-9-25(32)31(26)22-4-2-3-21(27)13-22)11-12-30(18)16-24-29-23(17-33-24)20-7-5-19(15-28)6-8-20/h2-10,13,17-18H,11-12,14,16H2,1H3/t18-,26+/m1/s1. The summed E-state index contributed by atoms with van der Waals surface area (Å²) < 4.78 is 13.9. The van der Waals surface area contributed by atoms with Crippen LogP contribution in [0.1, 0.15) is 30.3 Å². The lowest BCUT2D eigenvalue weighted by atomic mass is 9.83. The fourth-order valence-electron chi connectivity index (χ4n) is 4.89. The number of hydrogen-bond acceptors (Lipinski definition) is 5. The second-order valence-electron chi connectivity index (χ2n) is 8.68. The van der Waals surface area contributed by atoms with Gasteiger partial charge in [-0.15, -0.1) is 11.3 Å². The van der Waals surface area contributed by atoms with Crippen LogP contribution in [0, 0.1) is 17.1 Å². The maximum Gasteiger partial charge on any atom is 0.251 e. The minimum atomic E-state index is -0.419. The van der Waals surface area contributed by atoms with Gasteiger partial charge in [0.15, 0.2) is 0 Å². The lowest BCUT2D eigenvalue weighted by Crippen LogP contribution is -2.56. The minimum absolute atomic E-state index is 0.0896. The van der Waals surface area contributed by atoms with Crippen LogP contribution in [-0.4, -0.2) is 33.9 Å². The van der Waals surface area contributed by atoms with E-state index in [1.807, 2.05) is 18.2 Å². The van der Waals surface area contributed by atoms with Crippen LogP contribution in [0.5, 0.6) is 0 Å². The molecule has 0 bridgehead atoms. The first-order chi connectivity index (χ1) is 16.0. The molecule has 0 saturated carbocycles. The number of aromatic nitrogens is 1. The number of hydrogen-bond donors (Lipinski definition) is 0. The summed E-state index contributed by atoms with van der Waals surface area (Å²) in [5.41, 5.74) is 2.75. The summed E-state index contributed by atoms with van der Waals surface area (Å²) in [6.07, 6.45) is 5.18. The maximum atomic E-state index is 13.9. The number of amides is 1. The van der Waals surface area contributed by atoms with E-state index in [9.17, 15) is 9.18 Å². The van der Waals surface area contributed by atoms with E-state index in [1.54, 1.807) is 46.6 Å². The number of carbonyl (C=O) groups is 1. The van der Waals surface area contributed by atoms with Gasteiger partial charge in [-0.25, -0.2) is 9.37 Å². The van der Waals surface area contributed by atoms with Gasteiger partial charge < -0.3 is 0 Å². The summed E-state index contributed by atoms with van der Waals surface area (Å²) in [4.78, 5) is 21.7. The van der Waals surface area contributed by atoms with Crippen molar-refractivity contribution in [3.05, 3.63) is 82.5 Å². The van der Waals surface area contributed by atoms with Crippen molar-refractivity contribution in [2.75, 3.05) is 11.4 Å². The molecule has 5 nitrogen and oxygen atoms in total. The van der Waals surface area contributed by atoms with Gasteiger partial charge in [-0.05, 0) is 50.1 Å². The van der Waals surface area contributed by atoms with E-state index in [-0.39, 0.29) is 17.8 Å². The Kier molecular flexibility index (Phi) is 5.57. The largest absolute Gasteiger partial charge is 0.299 e.